The summed E-state index contributed by atoms with van der Waals surface area (Å²) in [5.74, 6) is -0.0359. The lowest BCUT2D eigenvalue weighted by Crippen LogP contribution is -2.19. The summed E-state index contributed by atoms with van der Waals surface area (Å²) in [6.07, 6.45) is 0. The predicted octanol–water partition coefficient (Wildman–Crippen LogP) is 1.78. The third kappa shape index (κ3) is 3.26. The van der Waals surface area contributed by atoms with Gasteiger partial charge in [0.15, 0.2) is 0 Å². The molecule has 3 N–H and O–H groups in total. The third-order valence-corrected chi connectivity index (χ3v) is 1.33. The molecule has 0 heterocycles. The molecule has 1 rings (SSSR count). The number of rotatable bonds is 3. The van der Waals surface area contributed by atoms with E-state index in [2.05, 4.69) is 10.1 Å². The van der Waals surface area contributed by atoms with E-state index < -0.39 is 12.6 Å². The van der Waals surface area contributed by atoms with Gasteiger partial charge < -0.3 is 15.8 Å². The number of anilines is 1. The monoisotopic (exact) mass is 202 g/mol. The molecule has 4 nitrogen and oxygen atoms in total. The largest absolute Gasteiger partial charge is 0.435 e. The number of carbonyl (C=O) groups is 1. The van der Waals surface area contributed by atoms with Gasteiger partial charge in [-0.25, -0.2) is 4.79 Å². The van der Waals surface area contributed by atoms with Crippen molar-refractivity contribution in [3.8, 4) is 5.75 Å². The van der Waals surface area contributed by atoms with Gasteiger partial charge in [0.2, 0.25) is 0 Å². The Morgan fingerprint density at radius 3 is 2.79 bits per heavy atom. The first-order valence-corrected chi connectivity index (χ1v) is 3.69. The molecular weight excluding hydrogens is 194 g/mol. The van der Waals surface area contributed by atoms with Gasteiger partial charge in [0, 0.05) is 11.8 Å². The molecule has 76 valence electrons. The fourth-order valence-electron chi connectivity index (χ4n) is 0.892. The molecule has 0 saturated heterocycles. The summed E-state index contributed by atoms with van der Waals surface area (Å²) in [6, 6.07) is 4.79. The fourth-order valence-corrected chi connectivity index (χ4v) is 0.892. The second-order valence-electron chi connectivity index (χ2n) is 2.40. The zero-order valence-electron chi connectivity index (χ0n) is 7.04. The summed E-state index contributed by atoms with van der Waals surface area (Å²) >= 11 is 0. The highest BCUT2D eigenvalue weighted by molar-refractivity contribution is 5.87. The van der Waals surface area contributed by atoms with Gasteiger partial charge in [0.25, 0.3) is 0 Å². The molecule has 0 aromatic heterocycles. The molecule has 0 saturated carbocycles. The van der Waals surface area contributed by atoms with Crippen molar-refractivity contribution in [3.05, 3.63) is 24.3 Å². The first-order chi connectivity index (χ1) is 6.58. The van der Waals surface area contributed by atoms with Crippen LogP contribution in [-0.2, 0) is 0 Å². The lowest BCUT2D eigenvalue weighted by Gasteiger charge is -2.06. The SMILES string of the molecule is NC(=O)Nc1cccc(OC(F)F)c1. The molecule has 1 aromatic carbocycles. The second-order valence-corrected chi connectivity index (χ2v) is 2.40. The Balaban J connectivity index is 2.73. The van der Waals surface area contributed by atoms with E-state index in [4.69, 9.17) is 5.73 Å². The summed E-state index contributed by atoms with van der Waals surface area (Å²) in [5, 5.41) is 2.23. The van der Waals surface area contributed by atoms with Gasteiger partial charge in [-0.3, -0.25) is 0 Å². The van der Waals surface area contributed by atoms with E-state index in [1.807, 2.05) is 0 Å². The number of hydrogen-bond acceptors (Lipinski definition) is 2. The van der Waals surface area contributed by atoms with E-state index in [0.717, 1.165) is 0 Å². The van der Waals surface area contributed by atoms with Crippen molar-refractivity contribution in [2.24, 2.45) is 5.73 Å². The van der Waals surface area contributed by atoms with Crippen LogP contribution in [0.1, 0.15) is 0 Å². The molecule has 0 unspecified atom stereocenters. The Bertz CT molecular complexity index is 331. The van der Waals surface area contributed by atoms with Gasteiger partial charge in [-0.1, -0.05) is 6.07 Å². The molecule has 1 aromatic rings. The zero-order valence-corrected chi connectivity index (χ0v) is 7.04. The van der Waals surface area contributed by atoms with Gasteiger partial charge in [-0.05, 0) is 12.1 Å². The molecular formula is C8H8F2N2O2. The third-order valence-electron chi connectivity index (χ3n) is 1.33. The zero-order chi connectivity index (χ0) is 10.6. The highest BCUT2D eigenvalue weighted by Crippen LogP contribution is 2.18. The average Bonchev–Trinajstić information content (AvgIpc) is 2.01. The lowest BCUT2D eigenvalue weighted by atomic mass is 10.3. The second kappa shape index (κ2) is 4.40. The van der Waals surface area contributed by atoms with E-state index in [9.17, 15) is 13.6 Å². The van der Waals surface area contributed by atoms with Crippen LogP contribution in [-0.4, -0.2) is 12.6 Å². The van der Waals surface area contributed by atoms with Gasteiger partial charge >= 0.3 is 12.6 Å². The molecule has 0 aliphatic carbocycles. The molecule has 6 heteroatoms. The molecule has 0 aliphatic heterocycles. The highest BCUT2D eigenvalue weighted by atomic mass is 19.3. The minimum Gasteiger partial charge on any atom is -0.435 e. The minimum atomic E-state index is -2.89. The maximum Gasteiger partial charge on any atom is 0.387 e. The molecule has 0 radical (unpaired) electrons. The number of alkyl halides is 2. The summed E-state index contributed by atoms with van der Waals surface area (Å²) in [6.45, 7) is -2.89. The number of carbonyl (C=O) groups excluding carboxylic acids is 1. The van der Waals surface area contributed by atoms with E-state index in [1.54, 1.807) is 0 Å². The van der Waals surface area contributed by atoms with Crippen LogP contribution in [0.5, 0.6) is 5.75 Å². The van der Waals surface area contributed by atoms with Gasteiger partial charge in [0.05, 0.1) is 0 Å². The number of benzene rings is 1. The van der Waals surface area contributed by atoms with Crippen molar-refractivity contribution in [2.75, 3.05) is 5.32 Å². The Labute approximate surface area is 78.7 Å². The van der Waals surface area contributed by atoms with Crippen LogP contribution >= 0.6 is 0 Å². The number of primary amides is 1. The molecule has 0 spiro atoms. The van der Waals surface area contributed by atoms with Crippen LogP contribution in [0.25, 0.3) is 0 Å². The van der Waals surface area contributed by atoms with Crippen molar-refractivity contribution in [2.45, 2.75) is 6.61 Å². The summed E-state index contributed by atoms with van der Waals surface area (Å²) in [4.78, 5) is 10.4. The molecule has 0 fully saturated rings. The standard InChI is InChI=1S/C8H8F2N2O2/c9-7(10)14-6-3-1-2-5(4-6)12-8(11)13/h1-4,7H,(H3,11,12,13). The maximum absolute atomic E-state index is 11.8. The van der Waals surface area contributed by atoms with Crippen molar-refractivity contribution < 1.29 is 18.3 Å². The van der Waals surface area contributed by atoms with Crippen LogP contribution in [0, 0.1) is 0 Å². The highest BCUT2D eigenvalue weighted by Gasteiger charge is 2.04. The Kier molecular flexibility index (Phi) is 3.22. The summed E-state index contributed by atoms with van der Waals surface area (Å²) in [5.41, 5.74) is 5.14. The summed E-state index contributed by atoms with van der Waals surface area (Å²) < 4.78 is 27.7. The van der Waals surface area contributed by atoms with Crippen molar-refractivity contribution in [1.82, 2.24) is 0 Å². The first-order valence-electron chi connectivity index (χ1n) is 3.69. The van der Waals surface area contributed by atoms with E-state index in [0.29, 0.717) is 5.69 Å². The number of urea groups is 1. The average molecular weight is 202 g/mol. The van der Waals surface area contributed by atoms with E-state index >= 15 is 0 Å². The topological polar surface area (TPSA) is 64.4 Å². The number of hydrogen-bond donors (Lipinski definition) is 2. The van der Waals surface area contributed by atoms with Crippen molar-refractivity contribution in [3.63, 3.8) is 0 Å². The number of amides is 2. The van der Waals surface area contributed by atoms with Gasteiger partial charge in [-0.15, -0.1) is 0 Å². The van der Waals surface area contributed by atoms with Crippen LogP contribution in [0.15, 0.2) is 24.3 Å². The number of halogens is 2. The summed E-state index contributed by atoms with van der Waals surface area (Å²) in [7, 11) is 0. The first kappa shape index (κ1) is 10.2. The number of ether oxygens (including phenoxy) is 1. The lowest BCUT2D eigenvalue weighted by molar-refractivity contribution is -0.0497. The van der Waals surface area contributed by atoms with Crippen molar-refractivity contribution >= 4 is 11.7 Å². The molecule has 0 aliphatic rings. The van der Waals surface area contributed by atoms with E-state index in [1.165, 1.54) is 24.3 Å². The van der Waals surface area contributed by atoms with Gasteiger partial charge in [0.1, 0.15) is 5.75 Å². The minimum absolute atomic E-state index is 0.0359. The molecule has 0 atom stereocenters. The Morgan fingerprint density at radius 1 is 1.50 bits per heavy atom. The molecule has 14 heavy (non-hydrogen) atoms. The number of nitrogens with two attached hydrogens (primary N) is 1. The normalized spacial score (nSPS) is 9.93. The van der Waals surface area contributed by atoms with E-state index in [-0.39, 0.29) is 5.75 Å². The Hall–Kier alpha value is -1.85. The maximum atomic E-state index is 11.8. The smallest absolute Gasteiger partial charge is 0.387 e. The fraction of sp³-hybridized carbons (Fsp3) is 0.125. The van der Waals surface area contributed by atoms with Crippen LogP contribution < -0.4 is 15.8 Å². The van der Waals surface area contributed by atoms with Crippen molar-refractivity contribution in [1.29, 1.82) is 0 Å². The van der Waals surface area contributed by atoms with Gasteiger partial charge in [-0.2, -0.15) is 8.78 Å². The van der Waals surface area contributed by atoms with Crippen LogP contribution in [0.2, 0.25) is 0 Å². The number of nitrogens with one attached hydrogen (secondary N) is 1. The molecule has 2 amide bonds. The quantitative estimate of drug-likeness (QED) is 0.784. The van der Waals surface area contributed by atoms with Crippen LogP contribution in [0.3, 0.4) is 0 Å². The predicted molar refractivity (Wildman–Crippen MR) is 46.3 cm³/mol. The Morgan fingerprint density at radius 2 is 2.21 bits per heavy atom. The molecule has 0 bridgehead atoms. The van der Waals surface area contributed by atoms with Crippen LogP contribution in [0.4, 0.5) is 19.3 Å².